The minimum atomic E-state index is -0.425. The van der Waals surface area contributed by atoms with Crippen LogP contribution < -0.4 is 4.90 Å². The lowest BCUT2D eigenvalue weighted by molar-refractivity contribution is -0.384. The zero-order valence-corrected chi connectivity index (χ0v) is 16.1. The van der Waals surface area contributed by atoms with E-state index in [1.54, 1.807) is 11.0 Å². The van der Waals surface area contributed by atoms with Crippen LogP contribution in [-0.2, 0) is 19.3 Å². The SMILES string of the molecule is Cc1ccccc1-n1nc(C(=O)N2CCc3ccc([N+](=O)[O-])cc32)c2c1CCC2. The van der Waals surface area contributed by atoms with Gasteiger partial charge < -0.3 is 4.90 Å². The number of nitro benzene ring substituents is 1. The number of para-hydroxylation sites is 1. The number of anilines is 1. The fourth-order valence-corrected chi connectivity index (χ4v) is 4.43. The molecule has 7 nitrogen and oxygen atoms in total. The molecule has 1 aliphatic heterocycles. The number of rotatable bonds is 3. The van der Waals surface area contributed by atoms with E-state index >= 15 is 0 Å². The molecule has 0 spiro atoms. The van der Waals surface area contributed by atoms with Gasteiger partial charge in [0.25, 0.3) is 11.6 Å². The van der Waals surface area contributed by atoms with E-state index in [4.69, 9.17) is 5.10 Å². The Bertz CT molecular complexity index is 1160. The molecule has 2 aliphatic rings. The number of hydrogen-bond acceptors (Lipinski definition) is 4. The van der Waals surface area contributed by atoms with Crippen LogP contribution in [0.4, 0.5) is 11.4 Å². The van der Waals surface area contributed by atoms with Crippen LogP contribution in [0.3, 0.4) is 0 Å². The number of nitro groups is 1. The van der Waals surface area contributed by atoms with Crippen molar-refractivity contribution in [1.29, 1.82) is 0 Å². The van der Waals surface area contributed by atoms with E-state index in [-0.39, 0.29) is 11.6 Å². The first-order valence-electron chi connectivity index (χ1n) is 9.80. The van der Waals surface area contributed by atoms with Crippen LogP contribution in [-0.4, -0.2) is 27.2 Å². The van der Waals surface area contributed by atoms with Crippen LogP contribution in [0.15, 0.2) is 42.5 Å². The Morgan fingerprint density at radius 2 is 1.93 bits per heavy atom. The van der Waals surface area contributed by atoms with Crippen molar-refractivity contribution < 1.29 is 9.72 Å². The van der Waals surface area contributed by atoms with Gasteiger partial charge in [-0.15, -0.1) is 0 Å². The highest BCUT2D eigenvalue weighted by atomic mass is 16.6. The fourth-order valence-electron chi connectivity index (χ4n) is 4.43. The number of aryl methyl sites for hydroxylation is 1. The summed E-state index contributed by atoms with van der Waals surface area (Å²) in [4.78, 5) is 25.9. The molecule has 7 heteroatoms. The largest absolute Gasteiger partial charge is 0.306 e. The molecule has 2 aromatic carbocycles. The van der Waals surface area contributed by atoms with Gasteiger partial charge in [-0.3, -0.25) is 14.9 Å². The maximum absolute atomic E-state index is 13.5. The van der Waals surface area contributed by atoms with Crippen molar-refractivity contribution in [2.45, 2.75) is 32.6 Å². The number of amides is 1. The molecule has 29 heavy (non-hydrogen) atoms. The highest BCUT2D eigenvalue weighted by Gasteiger charge is 2.33. The van der Waals surface area contributed by atoms with Gasteiger partial charge in [-0.25, -0.2) is 4.68 Å². The van der Waals surface area contributed by atoms with Crippen molar-refractivity contribution in [3.05, 3.63) is 80.7 Å². The highest BCUT2D eigenvalue weighted by Crippen LogP contribution is 2.35. The predicted octanol–water partition coefficient (Wildman–Crippen LogP) is 3.78. The molecule has 0 radical (unpaired) electrons. The third kappa shape index (κ3) is 2.73. The third-order valence-corrected chi connectivity index (χ3v) is 5.90. The topological polar surface area (TPSA) is 81.3 Å². The standard InChI is InChI=1S/C22H20N4O3/c1-14-5-2-3-7-18(14)25-19-8-4-6-17(19)21(23-25)22(27)24-12-11-15-9-10-16(26(28)29)13-20(15)24/h2-3,5,7,9-10,13H,4,6,8,11-12H2,1H3. The second-order valence-electron chi connectivity index (χ2n) is 7.60. The summed E-state index contributed by atoms with van der Waals surface area (Å²) in [5, 5.41) is 15.9. The van der Waals surface area contributed by atoms with Crippen molar-refractivity contribution >= 4 is 17.3 Å². The Morgan fingerprint density at radius 1 is 1.10 bits per heavy atom. The molecule has 0 unspecified atom stereocenters. The summed E-state index contributed by atoms with van der Waals surface area (Å²) in [5.41, 5.74) is 6.26. The number of nitrogens with zero attached hydrogens (tertiary/aromatic N) is 4. The summed E-state index contributed by atoms with van der Waals surface area (Å²) in [6.45, 7) is 2.55. The maximum Gasteiger partial charge on any atom is 0.279 e. The molecule has 146 valence electrons. The van der Waals surface area contributed by atoms with Crippen LogP contribution in [0, 0.1) is 17.0 Å². The van der Waals surface area contributed by atoms with Crippen molar-refractivity contribution in [2.24, 2.45) is 0 Å². The summed E-state index contributed by atoms with van der Waals surface area (Å²) in [6, 6.07) is 12.8. The normalized spacial score (nSPS) is 14.7. The van der Waals surface area contributed by atoms with Crippen molar-refractivity contribution in [1.82, 2.24) is 9.78 Å². The Kier molecular flexibility index (Phi) is 3.97. The molecule has 0 N–H and O–H groups in total. The molecule has 0 fully saturated rings. The fraction of sp³-hybridized carbons (Fsp3) is 0.273. The van der Waals surface area contributed by atoms with Crippen LogP contribution in [0.2, 0.25) is 0 Å². The number of carbonyl (C=O) groups excluding carboxylic acids is 1. The lowest BCUT2D eigenvalue weighted by Gasteiger charge is -2.16. The molecule has 1 aliphatic carbocycles. The summed E-state index contributed by atoms with van der Waals surface area (Å²) in [6.07, 6.45) is 3.42. The minimum Gasteiger partial charge on any atom is -0.306 e. The molecular formula is C22H20N4O3. The Hall–Kier alpha value is -3.48. The summed E-state index contributed by atoms with van der Waals surface area (Å²) in [7, 11) is 0. The van der Waals surface area contributed by atoms with Crippen LogP contribution >= 0.6 is 0 Å². The molecular weight excluding hydrogens is 368 g/mol. The summed E-state index contributed by atoms with van der Waals surface area (Å²) >= 11 is 0. The van der Waals surface area contributed by atoms with Gasteiger partial charge in [-0.2, -0.15) is 5.10 Å². The van der Waals surface area contributed by atoms with E-state index in [2.05, 4.69) is 0 Å². The van der Waals surface area contributed by atoms with Crippen LogP contribution in [0.5, 0.6) is 0 Å². The van der Waals surface area contributed by atoms with Gasteiger partial charge in [-0.1, -0.05) is 24.3 Å². The van der Waals surface area contributed by atoms with E-state index in [1.165, 1.54) is 12.1 Å². The number of benzene rings is 2. The summed E-state index contributed by atoms with van der Waals surface area (Å²) in [5.74, 6) is -0.172. The van der Waals surface area contributed by atoms with Crippen molar-refractivity contribution in [3.63, 3.8) is 0 Å². The quantitative estimate of drug-likeness (QED) is 0.505. The van der Waals surface area contributed by atoms with Gasteiger partial charge in [0.15, 0.2) is 5.69 Å². The average molecular weight is 388 g/mol. The summed E-state index contributed by atoms with van der Waals surface area (Å²) < 4.78 is 1.91. The lowest BCUT2D eigenvalue weighted by Crippen LogP contribution is -2.30. The van der Waals surface area contributed by atoms with Gasteiger partial charge in [0, 0.05) is 29.9 Å². The molecule has 0 atom stereocenters. The average Bonchev–Trinajstić information content (AvgIpc) is 3.42. The number of aromatic nitrogens is 2. The molecule has 0 saturated carbocycles. The zero-order chi connectivity index (χ0) is 20.1. The number of hydrogen-bond donors (Lipinski definition) is 0. The van der Waals surface area contributed by atoms with E-state index in [0.29, 0.717) is 24.3 Å². The van der Waals surface area contributed by atoms with E-state index < -0.39 is 4.92 Å². The molecule has 1 aromatic heterocycles. The second kappa shape index (κ2) is 6.55. The number of non-ortho nitro benzene ring substituents is 1. The van der Waals surface area contributed by atoms with Crippen molar-refractivity contribution in [2.75, 3.05) is 11.4 Å². The zero-order valence-electron chi connectivity index (χ0n) is 16.1. The van der Waals surface area contributed by atoms with Gasteiger partial charge in [0.2, 0.25) is 0 Å². The first-order chi connectivity index (χ1) is 14.0. The molecule has 5 rings (SSSR count). The van der Waals surface area contributed by atoms with E-state index in [9.17, 15) is 14.9 Å². The highest BCUT2D eigenvalue weighted by molar-refractivity contribution is 6.07. The predicted molar refractivity (Wildman–Crippen MR) is 109 cm³/mol. The van der Waals surface area contributed by atoms with Crippen LogP contribution in [0.25, 0.3) is 5.69 Å². The Morgan fingerprint density at radius 3 is 2.72 bits per heavy atom. The molecule has 2 heterocycles. The lowest BCUT2D eigenvalue weighted by atomic mass is 10.1. The monoisotopic (exact) mass is 388 g/mol. The first-order valence-corrected chi connectivity index (χ1v) is 9.80. The second-order valence-corrected chi connectivity index (χ2v) is 7.60. The Labute approximate surface area is 167 Å². The Balaban J connectivity index is 1.58. The first kappa shape index (κ1) is 17.6. The number of carbonyl (C=O) groups is 1. The van der Waals surface area contributed by atoms with Crippen LogP contribution in [0.1, 0.15) is 39.3 Å². The third-order valence-electron chi connectivity index (χ3n) is 5.90. The van der Waals surface area contributed by atoms with Crippen molar-refractivity contribution in [3.8, 4) is 5.69 Å². The smallest absolute Gasteiger partial charge is 0.279 e. The van der Waals surface area contributed by atoms with E-state index in [0.717, 1.165) is 47.3 Å². The van der Waals surface area contributed by atoms with Gasteiger partial charge in [-0.05, 0) is 49.8 Å². The molecule has 0 saturated heterocycles. The van der Waals surface area contributed by atoms with Gasteiger partial charge in [0.1, 0.15) is 0 Å². The maximum atomic E-state index is 13.5. The number of fused-ring (bicyclic) bond motifs is 2. The minimum absolute atomic E-state index is 0.000816. The molecule has 3 aromatic rings. The van der Waals surface area contributed by atoms with E-state index in [1.807, 2.05) is 35.9 Å². The van der Waals surface area contributed by atoms with Gasteiger partial charge in [0.05, 0.1) is 16.3 Å². The molecule has 1 amide bonds. The van der Waals surface area contributed by atoms with Gasteiger partial charge >= 0.3 is 0 Å². The molecule has 0 bridgehead atoms.